The minimum Gasteiger partial charge on any atom is -0.475 e. The molecule has 17 heteroatoms. The van der Waals surface area contributed by atoms with E-state index in [-0.39, 0.29) is 5.56 Å². The molecule has 0 spiro atoms. The average Bonchev–Trinajstić information content (AvgIpc) is 3.37. The number of benzene rings is 2. The summed E-state index contributed by atoms with van der Waals surface area (Å²) in [6, 6.07) is 9.08. The van der Waals surface area contributed by atoms with Crippen LogP contribution >= 0.6 is 0 Å². The highest BCUT2D eigenvalue weighted by Gasteiger charge is 2.38. The van der Waals surface area contributed by atoms with Crippen molar-refractivity contribution in [3.63, 3.8) is 0 Å². The van der Waals surface area contributed by atoms with Crippen LogP contribution in [-0.4, -0.2) is 67.8 Å². The first-order chi connectivity index (χ1) is 20.6. The van der Waals surface area contributed by atoms with Crippen molar-refractivity contribution in [1.82, 2.24) is 25.5 Å². The van der Waals surface area contributed by atoms with Gasteiger partial charge in [-0.1, -0.05) is 12.1 Å². The predicted octanol–water partition coefficient (Wildman–Crippen LogP) is 5.77. The molecule has 1 aliphatic heterocycles. The summed E-state index contributed by atoms with van der Waals surface area (Å²) in [5, 5.41) is 25.8. The van der Waals surface area contributed by atoms with Crippen LogP contribution in [0.3, 0.4) is 0 Å². The Morgan fingerprint density at radius 1 is 0.932 bits per heavy atom. The highest BCUT2D eigenvalue weighted by molar-refractivity contribution is 5.94. The number of fused-ring (bicyclic) bond motifs is 1. The van der Waals surface area contributed by atoms with Gasteiger partial charge in [0.2, 0.25) is 0 Å². The van der Waals surface area contributed by atoms with Crippen molar-refractivity contribution in [2.75, 3.05) is 13.1 Å². The van der Waals surface area contributed by atoms with E-state index in [0.717, 1.165) is 36.1 Å². The molecule has 2 aromatic heterocycles. The molecule has 9 nitrogen and oxygen atoms in total. The van der Waals surface area contributed by atoms with Gasteiger partial charge < -0.3 is 15.5 Å². The SMILES string of the molecule is Fc1cccc(F)c1-c1ccc2[nH]nc(-c3cncc(CC4CCCNC4)n3)c2c1.O=C(O)C(F)(F)F.O=C(O)C(F)(F)F. The van der Waals surface area contributed by atoms with E-state index >= 15 is 0 Å². The second kappa shape index (κ2) is 14.2. The molecule has 0 saturated carbocycles. The molecule has 1 fully saturated rings. The minimum atomic E-state index is -5.08. The Labute approximate surface area is 243 Å². The molecule has 1 atom stereocenters. The van der Waals surface area contributed by atoms with Crippen molar-refractivity contribution in [3.8, 4) is 22.5 Å². The maximum Gasteiger partial charge on any atom is 0.490 e. The fourth-order valence-corrected chi connectivity index (χ4v) is 4.15. The maximum atomic E-state index is 14.3. The molecule has 0 aliphatic carbocycles. The van der Waals surface area contributed by atoms with Crippen LogP contribution < -0.4 is 5.32 Å². The standard InChI is InChI=1S/C23H21F2N5.2C2HF3O2/c24-18-4-1-5-19(25)22(18)15-6-7-20-17(10-15)23(30-29-20)21-13-27-12-16(28-21)9-14-3-2-8-26-11-14;2*3-2(4,5)1(6)7/h1,4-7,10,12-14,26H,2-3,8-9,11H2,(H,29,30);2*(H,6,7). The van der Waals surface area contributed by atoms with Crippen LogP contribution in [0.2, 0.25) is 0 Å². The summed E-state index contributed by atoms with van der Waals surface area (Å²) in [6.45, 7) is 2.07. The zero-order chi connectivity index (χ0) is 32.7. The van der Waals surface area contributed by atoms with Gasteiger partial charge in [0, 0.05) is 11.6 Å². The van der Waals surface area contributed by atoms with Crippen LogP contribution in [0, 0.1) is 17.6 Å². The van der Waals surface area contributed by atoms with Gasteiger partial charge in [0.1, 0.15) is 23.0 Å². The first-order valence-electron chi connectivity index (χ1n) is 12.6. The molecule has 1 aliphatic rings. The number of aliphatic carboxylic acids is 2. The number of carboxylic acid groups (broad SMARTS) is 2. The maximum absolute atomic E-state index is 14.3. The lowest BCUT2D eigenvalue weighted by Gasteiger charge is -2.22. The molecule has 3 heterocycles. The zero-order valence-electron chi connectivity index (χ0n) is 22.3. The molecular weight excluding hydrogens is 610 g/mol. The van der Waals surface area contributed by atoms with Crippen LogP contribution in [0.1, 0.15) is 18.5 Å². The topological polar surface area (TPSA) is 141 Å². The van der Waals surface area contributed by atoms with Crippen molar-refractivity contribution < 1.29 is 54.9 Å². The van der Waals surface area contributed by atoms with Crippen molar-refractivity contribution in [1.29, 1.82) is 0 Å². The van der Waals surface area contributed by atoms with E-state index in [1.807, 2.05) is 0 Å². The van der Waals surface area contributed by atoms with E-state index in [0.29, 0.717) is 22.9 Å². The summed E-state index contributed by atoms with van der Waals surface area (Å²) in [4.78, 5) is 26.9. The third-order valence-corrected chi connectivity index (χ3v) is 6.12. The largest absolute Gasteiger partial charge is 0.490 e. The van der Waals surface area contributed by atoms with E-state index in [1.54, 1.807) is 30.6 Å². The number of rotatable bonds is 4. The van der Waals surface area contributed by atoms with Crippen molar-refractivity contribution in [3.05, 3.63) is 66.1 Å². The Balaban J connectivity index is 0.000000317. The second-order valence-corrected chi connectivity index (χ2v) is 9.35. The van der Waals surface area contributed by atoms with Gasteiger partial charge in [-0.3, -0.25) is 10.1 Å². The first-order valence-corrected chi connectivity index (χ1v) is 12.6. The van der Waals surface area contributed by atoms with Crippen molar-refractivity contribution >= 4 is 22.8 Å². The number of nitrogens with one attached hydrogen (secondary N) is 2. The van der Waals surface area contributed by atoms with Gasteiger partial charge >= 0.3 is 24.3 Å². The van der Waals surface area contributed by atoms with Crippen molar-refractivity contribution in [2.45, 2.75) is 31.6 Å². The molecule has 0 radical (unpaired) electrons. The predicted molar refractivity (Wildman–Crippen MR) is 139 cm³/mol. The van der Waals surface area contributed by atoms with Crippen LogP contribution in [-0.2, 0) is 16.0 Å². The summed E-state index contributed by atoms with van der Waals surface area (Å²) < 4.78 is 92.0. The highest BCUT2D eigenvalue weighted by atomic mass is 19.4. The number of piperidine rings is 1. The van der Waals surface area contributed by atoms with Gasteiger partial charge in [0.25, 0.3) is 0 Å². The second-order valence-electron chi connectivity index (χ2n) is 9.35. The first kappa shape index (κ1) is 33.8. The van der Waals surface area contributed by atoms with Crippen LogP contribution in [0.5, 0.6) is 0 Å². The lowest BCUT2D eigenvalue weighted by molar-refractivity contribution is -0.193. The normalized spacial score (nSPS) is 15.0. The molecule has 1 unspecified atom stereocenters. The summed E-state index contributed by atoms with van der Waals surface area (Å²) in [5.41, 5.74) is 3.38. The number of carboxylic acids is 2. The van der Waals surface area contributed by atoms with E-state index in [4.69, 9.17) is 24.8 Å². The number of aromatic nitrogens is 4. The molecule has 1 saturated heterocycles. The molecule has 4 N–H and O–H groups in total. The van der Waals surface area contributed by atoms with Crippen LogP contribution in [0.25, 0.3) is 33.4 Å². The fraction of sp³-hybridized carbons (Fsp3) is 0.296. The van der Waals surface area contributed by atoms with Gasteiger partial charge in [-0.25, -0.2) is 23.4 Å². The number of halogens is 8. The number of hydrogen-bond donors (Lipinski definition) is 4. The van der Waals surface area contributed by atoms with Gasteiger partial charge in [0.05, 0.1) is 23.0 Å². The third-order valence-electron chi connectivity index (χ3n) is 6.12. The smallest absolute Gasteiger partial charge is 0.475 e. The third kappa shape index (κ3) is 9.16. The summed E-state index contributed by atoms with van der Waals surface area (Å²) in [7, 11) is 0. The number of alkyl halides is 6. The van der Waals surface area contributed by atoms with E-state index < -0.39 is 35.9 Å². The Kier molecular flexibility index (Phi) is 10.9. The lowest BCUT2D eigenvalue weighted by atomic mass is 9.95. The minimum absolute atomic E-state index is 0.0452. The lowest BCUT2D eigenvalue weighted by Crippen LogP contribution is -2.31. The summed E-state index contributed by atoms with van der Waals surface area (Å²) in [5.74, 6) is -6.15. The molecule has 0 bridgehead atoms. The van der Waals surface area contributed by atoms with E-state index in [2.05, 4.69) is 20.5 Å². The molecule has 236 valence electrons. The number of hydrogen-bond acceptors (Lipinski definition) is 6. The summed E-state index contributed by atoms with van der Waals surface area (Å²) in [6.07, 6.45) is -3.47. The average molecular weight is 633 g/mol. The molecular formula is C27H23F8N5O4. The van der Waals surface area contributed by atoms with E-state index in [1.165, 1.54) is 31.0 Å². The van der Waals surface area contributed by atoms with Gasteiger partial charge in [-0.2, -0.15) is 31.4 Å². The molecule has 4 aromatic rings. The highest BCUT2D eigenvalue weighted by Crippen LogP contribution is 2.32. The van der Waals surface area contributed by atoms with Crippen LogP contribution in [0.15, 0.2) is 48.8 Å². The Hall–Kier alpha value is -4.67. The van der Waals surface area contributed by atoms with Gasteiger partial charge in [-0.15, -0.1) is 0 Å². The summed E-state index contributed by atoms with van der Waals surface area (Å²) >= 11 is 0. The Morgan fingerprint density at radius 3 is 2.09 bits per heavy atom. The van der Waals surface area contributed by atoms with Gasteiger partial charge in [-0.05, 0) is 68.1 Å². The Bertz CT molecular complexity index is 1560. The fourth-order valence-electron chi connectivity index (χ4n) is 4.15. The monoisotopic (exact) mass is 633 g/mol. The van der Waals surface area contributed by atoms with Crippen LogP contribution in [0.4, 0.5) is 35.1 Å². The molecule has 44 heavy (non-hydrogen) atoms. The van der Waals surface area contributed by atoms with Gasteiger partial charge in [0.15, 0.2) is 0 Å². The number of H-pyrrole nitrogens is 1. The molecule has 2 aromatic carbocycles. The number of nitrogens with zero attached hydrogens (tertiary/aromatic N) is 3. The Morgan fingerprint density at radius 2 is 1.55 bits per heavy atom. The zero-order valence-corrected chi connectivity index (χ0v) is 22.3. The quantitative estimate of drug-likeness (QED) is 0.208. The molecule has 5 rings (SSSR count). The van der Waals surface area contributed by atoms with E-state index in [9.17, 15) is 35.1 Å². The number of aromatic amines is 1. The van der Waals surface area contributed by atoms with Crippen molar-refractivity contribution in [2.24, 2.45) is 5.92 Å². The number of carbonyl (C=O) groups is 2. The molecule has 0 amide bonds.